The van der Waals surface area contributed by atoms with Gasteiger partial charge in [0.15, 0.2) is 0 Å². The number of nitrogens with one attached hydrogen (secondary N) is 1. The Morgan fingerprint density at radius 3 is 2.50 bits per heavy atom. The third-order valence-electron chi connectivity index (χ3n) is 5.27. The highest BCUT2D eigenvalue weighted by Gasteiger charge is 2.34. The highest BCUT2D eigenvalue weighted by Crippen LogP contribution is 2.19. The summed E-state index contributed by atoms with van der Waals surface area (Å²) in [6.45, 7) is 3.01. The molecule has 0 radical (unpaired) electrons. The molecule has 4 nitrogen and oxygen atoms in total. The van der Waals surface area contributed by atoms with Gasteiger partial charge in [-0.25, -0.2) is 4.39 Å². The molecule has 148 valence electrons. The van der Waals surface area contributed by atoms with Gasteiger partial charge in [-0.05, 0) is 49.4 Å². The summed E-state index contributed by atoms with van der Waals surface area (Å²) in [7, 11) is 0. The van der Waals surface area contributed by atoms with Gasteiger partial charge >= 0.3 is 0 Å². The molecule has 28 heavy (non-hydrogen) atoms. The summed E-state index contributed by atoms with van der Waals surface area (Å²) in [4.78, 5) is 26.5. The predicted octanol–water partition coefficient (Wildman–Crippen LogP) is 3.35. The fourth-order valence-electron chi connectivity index (χ4n) is 3.54. The first kappa shape index (κ1) is 20.1. The van der Waals surface area contributed by atoms with Crippen LogP contribution in [0.1, 0.15) is 30.9 Å². The van der Waals surface area contributed by atoms with Crippen LogP contribution in [-0.2, 0) is 22.4 Å². The van der Waals surface area contributed by atoms with Gasteiger partial charge in [-0.1, -0.05) is 42.5 Å². The highest BCUT2D eigenvalue weighted by atomic mass is 19.1. The number of hydrogen-bond acceptors (Lipinski definition) is 2. The average molecular weight is 382 g/mol. The van der Waals surface area contributed by atoms with Crippen LogP contribution >= 0.6 is 0 Å². The molecule has 1 aliphatic heterocycles. The van der Waals surface area contributed by atoms with Crippen LogP contribution < -0.4 is 5.32 Å². The Balaban J connectivity index is 1.43. The predicted molar refractivity (Wildman–Crippen MR) is 107 cm³/mol. The lowest BCUT2D eigenvalue weighted by atomic mass is 10.0. The van der Waals surface area contributed by atoms with Crippen LogP contribution in [0.5, 0.6) is 0 Å². The fraction of sp³-hybridized carbons (Fsp3) is 0.391. The zero-order valence-corrected chi connectivity index (χ0v) is 16.2. The van der Waals surface area contributed by atoms with Crippen molar-refractivity contribution >= 4 is 11.8 Å². The molecule has 2 atom stereocenters. The molecule has 5 heteroatoms. The van der Waals surface area contributed by atoms with Crippen molar-refractivity contribution < 1.29 is 14.0 Å². The smallest absolute Gasteiger partial charge is 0.225 e. The number of nitrogens with zero attached hydrogens (tertiary/aromatic N) is 1. The molecule has 2 unspecified atom stereocenters. The zero-order valence-electron chi connectivity index (χ0n) is 16.2. The molecule has 0 aromatic heterocycles. The zero-order chi connectivity index (χ0) is 19.9. The van der Waals surface area contributed by atoms with Crippen LogP contribution in [0.4, 0.5) is 4.39 Å². The maximum atomic E-state index is 13.0. The molecular weight excluding hydrogens is 355 g/mol. The van der Waals surface area contributed by atoms with E-state index in [1.807, 2.05) is 25.1 Å². The van der Waals surface area contributed by atoms with Crippen molar-refractivity contribution in [2.75, 3.05) is 13.1 Å². The second-order valence-corrected chi connectivity index (χ2v) is 7.55. The molecule has 1 N–H and O–H groups in total. The largest absolute Gasteiger partial charge is 0.353 e. The second-order valence-electron chi connectivity index (χ2n) is 7.55. The van der Waals surface area contributed by atoms with E-state index in [2.05, 4.69) is 17.4 Å². The van der Waals surface area contributed by atoms with E-state index in [1.165, 1.54) is 17.7 Å². The second kappa shape index (κ2) is 9.49. The third-order valence-corrected chi connectivity index (χ3v) is 5.27. The van der Waals surface area contributed by atoms with Crippen LogP contribution in [0.25, 0.3) is 0 Å². The number of rotatable bonds is 8. The summed E-state index contributed by atoms with van der Waals surface area (Å²) in [5, 5.41) is 3.05. The minimum absolute atomic E-state index is 0.0131. The third kappa shape index (κ3) is 5.65. The van der Waals surface area contributed by atoms with Gasteiger partial charge in [0.05, 0.1) is 5.92 Å². The van der Waals surface area contributed by atoms with Crippen LogP contribution in [-0.4, -0.2) is 35.8 Å². The first-order valence-corrected chi connectivity index (χ1v) is 9.88. The van der Waals surface area contributed by atoms with Gasteiger partial charge in [0.25, 0.3) is 0 Å². The quantitative estimate of drug-likeness (QED) is 0.761. The molecule has 1 aliphatic rings. The van der Waals surface area contributed by atoms with Crippen molar-refractivity contribution in [3.8, 4) is 0 Å². The molecule has 1 fully saturated rings. The lowest BCUT2D eigenvalue weighted by Crippen LogP contribution is -2.38. The summed E-state index contributed by atoms with van der Waals surface area (Å²) in [6, 6.07) is 16.6. The highest BCUT2D eigenvalue weighted by molar-refractivity contribution is 5.89. The molecule has 1 heterocycles. The molecule has 0 bridgehead atoms. The summed E-state index contributed by atoms with van der Waals surface area (Å²) in [6.07, 6.45) is 2.70. The Bertz CT molecular complexity index is 792. The van der Waals surface area contributed by atoms with Gasteiger partial charge < -0.3 is 10.2 Å². The molecular formula is C23H27FN2O2. The number of likely N-dealkylation sites (tertiary alicyclic amines) is 1. The Labute approximate surface area is 165 Å². The lowest BCUT2D eigenvalue weighted by molar-refractivity contribution is -0.129. The molecule has 0 aliphatic carbocycles. The standard InChI is InChI=1S/C23H27FN2O2/c1-17(7-8-18-5-3-2-4-6-18)25-23(28)20-15-22(27)26(16-20)14-13-19-9-11-21(24)12-10-19/h2-6,9-12,17,20H,7-8,13-16H2,1H3,(H,25,28). The van der Waals surface area contributed by atoms with Gasteiger partial charge in [-0.15, -0.1) is 0 Å². The number of carbonyl (C=O) groups is 2. The first-order valence-electron chi connectivity index (χ1n) is 9.88. The van der Waals surface area contributed by atoms with Crippen LogP contribution in [0.15, 0.2) is 54.6 Å². The van der Waals surface area contributed by atoms with E-state index in [0.717, 1.165) is 18.4 Å². The number of carbonyl (C=O) groups excluding carboxylic acids is 2. The van der Waals surface area contributed by atoms with Gasteiger partial charge in [0.2, 0.25) is 11.8 Å². The van der Waals surface area contributed by atoms with Gasteiger partial charge in [0.1, 0.15) is 5.82 Å². The molecule has 0 saturated carbocycles. The minimum Gasteiger partial charge on any atom is -0.353 e. The first-order chi connectivity index (χ1) is 13.5. The van der Waals surface area contributed by atoms with Gasteiger partial charge in [0, 0.05) is 25.6 Å². The van der Waals surface area contributed by atoms with Crippen molar-refractivity contribution in [3.05, 3.63) is 71.5 Å². The Kier molecular flexibility index (Phi) is 6.80. The van der Waals surface area contributed by atoms with Crippen LogP contribution in [0, 0.1) is 11.7 Å². The molecule has 0 spiro atoms. The number of halogens is 1. The number of amides is 2. The number of hydrogen-bond donors (Lipinski definition) is 1. The Morgan fingerprint density at radius 1 is 1.11 bits per heavy atom. The van der Waals surface area contributed by atoms with Crippen molar-refractivity contribution in [1.82, 2.24) is 10.2 Å². The van der Waals surface area contributed by atoms with E-state index in [0.29, 0.717) is 19.5 Å². The lowest BCUT2D eigenvalue weighted by Gasteiger charge is -2.18. The monoisotopic (exact) mass is 382 g/mol. The van der Waals surface area contributed by atoms with Crippen molar-refractivity contribution in [3.63, 3.8) is 0 Å². The van der Waals surface area contributed by atoms with Crippen LogP contribution in [0.2, 0.25) is 0 Å². The Hall–Kier alpha value is -2.69. The van der Waals surface area contributed by atoms with Gasteiger partial charge in [-0.3, -0.25) is 9.59 Å². The van der Waals surface area contributed by atoms with E-state index >= 15 is 0 Å². The molecule has 2 amide bonds. The summed E-state index contributed by atoms with van der Waals surface area (Å²) in [5.74, 6) is -0.587. The number of aryl methyl sites for hydroxylation is 1. The molecule has 2 aromatic carbocycles. The van der Waals surface area contributed by atoms with Gasteiger partial charge in [-0.2, -0.15) is 0 Å². The van der Waals surface area contributed by atoms with E-state index < -0.39 is 0 Å². The molecule has 1 saturated heterocycles. The maximum absolute atomic E-state index is 13.0. The van der Waals surface area contributed by atoms with E-state index in [1.54, 1.807) is 17.0 Å². The van der Waals surface area contributed by atoms with E-state index in [4.69, 9.17) is 0 Å². The summed E-state index contributed by atoms with van der Waals surface area (Å²) >= 11 is 0. The number of benzene rings is 2. The van der Waals surface area contributed by atoms with Crippen molar-refractivity contribution in [1.29, 1.82) is 0 Å². The average Bonchev–Trinajstić information content (AvgIpc) is 3.08. The molecule has 2 aromatic rings. The minimum atomic E-state index is -0.292. The maximum Gasteiger partial charge on any atom is 0.225 e. The summed E-state index contributed by atoms with van der Waals surface area (Å²) < 4.78 is 13.0. The topological polar surface area (TPSA) is 49.4 Å². The normalized spacial score (nSPS) is 17.6. The SMILES string of the molecule is CC(CCc1ccccc1)NC(=O)C1CC(=O)N(CCc2ccc(F)cc2)C1. The molecule has 3 rings (SSSR count). The van der Waals surface area contributed by atoms with E-state index in [9.17, 15) is 14.0 Å². The van der Waals surface area contributed by atoms with Crippen LogP contribution in [0.3, 0.4) is 0 Å². The van der Waals surface area contributed by atoms with E-state index in [-0.39, 0.29) is 36.0 Å². The fourth-order valence-corrected chi connectivity index (χ4v) is 3.54. The Morgan fingerprint density at radius 2 is 1.79 bits per heavy atom. The van der Waals surface area contributed by atoms with Crippen molar-refractivity contribution in [2.45, 2.75) is 38.6 Å². The summed E-state index contributed by atoms with van der Waals surface area (Å²) in [5.41, 5.74) is 2.24. The van der Waals surface area contributed by atoms with Crippen molar-refractivity contribution in [2.24, 2.45) is 5.92 Å².